The molecule has 0 spiro atoms. The average molecular weight is 315 g/mol. The van der Waals surface area contributed by atoms with Gasteiger partial charge in [-0.2, -0.15) is 4.89 Å². The Morgan fingerprint density at radius 1 is 0.944 bits per heavy atom. The van der Waals surface area contributed by atoms with E-state index in [4.69, 9.17) is 9.78 Å². The van der Waals surface area contributed by atoms with Gasteiger partial charge in [0.15, 0.2) is 5.75 Å². The van der Waals surface area contributed by atoms with Crippen LogP contribution in [0.4, 0.5) is 0 Å². The Labute approximate surface area is 119 Å². The molecule has 0 aliphatic rings. The summed E-state index contributed by atoms with van der Waals surface area (Å²) in [7, 11) is 1.52. The Morgan fingerprint density at radius 2 is 1.50 bits per heavy atom. The van der Waals surface area contributed by atoms with Gasteiger partial charge in [0.1, 0.15) is 0 Å². The molecule has 0 amide bonds. The van der Waals surface area contributed by atoms with Crippen LogP contribution in [0.5, 0.6) is 5.75 Å². The molecule has 18 heavy (non-hydrogen) atoms. The zero-order chi connectivity index (χ0) is 14.1. The third-order valence-corrected chi connectivity index (χ3v) is 3.47. The Hall–Kier alpha value is -0.540. The fraction of sp³-hybridized carbons (Fsp3) is 0.600. The molecule has 2 nitrogen and oxygen atoms in total. The van der Waals surface area contributed by atoms with Gasteiger partial charge in [-0.05, 0) is 38.4 Å². The molecular formula is C15H23BrO2. The highest BCUT2D eigenvalue weighted by molar-refractivity contribution is 9.10. The van der Waals surface area contributed by atoms with Crippen LogP contribution in [0.1, 0.15) is 52.7 Å². The highest BCUT2D eigenvalue weighted by Crippen LogP contribution is 2.40. The van der Waals surface area contributed by atoms with Gasteiger partial charge >= 0.3 is 0 Å². The van der Waals surface area contributed by atoms with E-state index in [0.29, 0.717) is 0 Å². The molecule has 0 aromatic heterocycles. The molecule has 0 atom stereocenters. The van der Waals surface area contributed by atoms with Gasteiger partial charge < -0.3 is 4.89 Å². The molecule has 0 aliphatic carbocycles. The minimum Gasteiger partial charge on any atom is -0.336 e. The molecule has 0 radical (unpaired) electrons. The quantitative estimate of drug-likeness (QED) is 0.566. The summed E-state index contributed by atoms with van der Waals surface area (Å²) in [6.07, 6.45) is 0. The Kier molecular flexibility index (Phi) is 4.50. The number of benzene rings is 1. The second-order valence-corrected chi connectivity index (χ2v) is 7.44. The van der Waals surface area contributed by atoms with Crippen LogP contribution in [-0.2, 0) is 15.7 Å². The summed E-state index contributed by atoms with van der Waals surface area (Å²) in [6, 6.07) is 4.31. The highest BCUT2D eigenvalue weighted by atomic mass is 79.9. The first-order valence-electron chi connectivity index (χ1n) is 6.12. The summed E-state index contributed by atoms with van der Waals surface area (Å²) in [5.41, 5.74) is 2.53. The molecule has 0 bridgehead atoms. The van der Waals surface area contributed by atoms with Gasteiger partial charge in [0.25, 0.3) is 0 Å². The topological polar surface area (TPSA) is 18.5 Å². The predicted octanol–water partition coefficient (Wildman–Crippen LogP) is 4.98. The molecule has 0 aliphatic heterocycles. The number of hydrogen-bond donors (Lipinski definition) is 0. The van der Waals surface area contributed by atoms with E-state index in [1.54, 1.807) is 0 Å². The van der Waals surface area contributed by atoms with Gasteiger partial charge in [-0.25, -0.2) is 0 Å². The molecule has 0 fully saturated rings. The first kappa shape index (κ1) is 15.5. The summed E-state index contributed by atoms with van der Waals surface area (Å²) in [5, 5.41) is 0. The summed E-state index contributed by atoms with van der Waals surface area (Å²) in [5.74, 6) is 0.762. The molecule has 3 heteroatoms. The van der Waals surface area contributed by atoms with Gasteiger partial charge in [-0.15, -0.1) is 0 Å². The standard InChI is InChI=1S/C15H23BrO2/c1-14(2,3)10-8-11(15(4,5)6)13(18-17-7)12(16)9-10/h8-9H,1-7H3. The number of halogens is 1. The zero-order valence-corrected chi connectivity index (χ0v) is 13.9. The Bertz CT molecular complexity index is 425. The van der Waals surface area contributed by atoms with Crippen molar-refractivity contribution < 1.29 is 9.78 Å². The monoisotopic (exact) mass is 314 g/mol. The lowest BCUT2D eigenvalue weighted by molar-refractivity contribution is -0.179. The highest BCUT2D eigenvalue weighted by Gasteiger charge is 2.25. The molecular weight excluding hydrogens is 292 g/mol. The van der Waals surface area contributed by atoms with Crippen LogP contribution in [0.2, 0.25) is 0 Å². The van der Waals surface area contributed by atoms with Crippen molar-refractivity contribution in [2.75, 3.05) is 7.11 Å². The van der Waals surface area contributed by atoms with Crippen LogP contribution < -0.4 is 4.89 Å². The molecule has 1 aromatic rings. The van der Waals surface area contributed by atoms with Gasteiger partial charge in [0.2, 0.25) is 0 Å². The van der Waals surface area contributed by atoms with Crippen molar-refractivity contribution >= 4 is 15.9 Å². The maximum Gasteiger partial charge on any atom is 0.183 e. The van der Waals surface area contributed by atoms with Gasteiger partial charge in [0, 0.05) is 5.56 Å². The Balaban J connectivity index is 3.47. The van der Waals surface area contributed by atoms with Crippen LogP contribution in [0.25, 0.3) is 0 Å². The van der Waals surface area contributed by atoms with Crippen molar-refractivity contribution in [2.24, 2.45) is 0 Å². The van der Waals surface area contributed by atoms with Gasteiger partial charge in [0.05, 0.1) is 11.6 Å². The van der Waals surface area contributed by atoms with Crippen molar-refractivity contribution in [1.82, 2.24) is 0 Å². The SMILES string of the molecule is COOc1c(Br)cc(C(C)(C)C)cc1C(C)(C)C. The van der Waals surface area contributed by atoms with Crippen LogP contribution in [-0.4, -0.2) is 7.11 Å². The fourth-order valence-electron chi connectivity index (χ4n) is 1.75. The zero-order valence-electron chi connectivity index (χ0n) is 12.3. The third kappa shape index (κ3) is 3.48. The van der Waals surface area contributed by atoms with E-state index < -0.39 is 0 Å². The van der Waals surface area contributed by atoms with Crippen molar-refractivity contribution in [3.05, 3.63) is 27.7 Å². The van der Waals surface area contributed by atoms with Crippen LogP contribution in [0, 0.1) is 0 Å². The molecule has 0 heterocycles. The summed E-state index contributed by atoms with van der Waals surface area (Å²) in [6.45, 7) is 13.1. The third-order valence-electron chi connectivity index (χ3n) is 2.88. The van der Waals surface area contributed by atoms with E-state index >= 15 is 0 Å². The average Bonchev–Trinajstić information content (AvgIpc) is 2.17. The maximum atomic E-state index is 5.32. The Morgan fingerprint density at radius 3 is 1.89 bits per heavy atom. The van der Waals surface area contributed by atoms with Gasteiger partial charge in [-0.3, -0.25) is 0 Å². The second kappa shape index (κ2) is 5.22. The van der Waals surface area contributed by atoms with E-state index in [1.807, 2.05) is 0 Å². The predicted molar refractivity (Wildman–Crippen MR) is 79.2 cm³/mol. The van der Waals surface area contributed by atoms with E-state index in [1.165, 1.54) is 12.7 Å². The van der Waals surface area contributed by atoms with Crippen LogP contribution in [0.15, 0.2) is 16.6 Å². The van der Waals surface area contributed by atoms with E-state index in [9.17, 15) is 0 Å². The fourth-order valence-corrected chi connectivity index (χ4v) is 2.28. The number of rotatable bonds is 2. The lowest BCUT2D eigenvalue weighted by Crippen LogP contribution is -2.18. The normalized spacial score (nSPS) is 12.7. The molecule has 0 saturated carbocycles. The van der Waals surface area contributed by atoms with Crippen LogP contribution in [0.3, 0.4) is 0 Å². The van der Waals surface area contributed by atoms with E-state index in [2.05, 4.69) is 69.6 Å². The minimum absolute atomic E-state index is 0.00234. The van der Waals surface area contributed by atoms with Crippen molar-refractivity contribution in [3.63, 3.8) is 0 Å². The van der Waals surface area contributed by atoms with Gasteiger partial charge in [-0.1, -0.05) is 47.6 Å². The lowest BCUT2D eigenvalue weighted by Gasteiger charge is -2.27. The largest absolute Gasteiger partial charge is 0.336 e. The molecule has 0 N–H and O–H groups in total. The lowest BCUT2D eigenvalue weighted by atomic mass is 9.80. The minimum atomic E-state index is -0.00234. The first-order chi connectivity index (χ1) is 8.07. The first-order valence-corrected chi connectivity index (χ1v) is 6.92. The molecule has 1 aromatic carbocycles. The molecule has 1 rings (SSSR count). The van der Waals surface area contributed by atoms with Crippen LogP contribution >= 0.6 is 15.9 Å². The maximum absolute atomic E-state index is 5.32. The smallest absolute Gasteiger partial charge is 0.183 e. The van der Waals surface area contributed by atoms with Crippen molar-refractivity contribution in [1.29, 1.82) is 0 Å². The van der Waals surface area contributed by atoms with E-state index in [-0.39, 0.29) is 10.8 Å². The number of hydrogen-bond acceptors (Lipinski definition) is 2. The second-order valence-electron chi connectivity index (χ2n) is 6.58. The summed E-state index contributed by atoms with van der Waals surface area (Å²) < 4.78 is 0.932. The molecule has 0 saturated heterocycles. The van der Waals surface area contributed by atoms with Crippen molar-refractivity contribution in [2.45, 2.75) is 52.4 Å². The summed E-state index contributed by atoms with van der Waals surface area (Å²) in [4.78, 5) is 10.2. The summed E-state index contributed by atoms with van der Waals surface area (Å²) >= 11 is 3.58. The molecule has 0 unspecified atom stereocenters. The van der Waals surface area contributed by atoms with Crippen molar-refractivity contribution in [3.8, 4) is 5.75 Å². The van der Waals surface area contributed by atoms with E-state index in [0.717, 1.165) is 15.8 Å². The molecule has 102 valence electrons.